The summed E-state index contributed by atoms with van der Waals surface area (Å²) in [5.41, 5.74) is 4.55. The van der Waals surface area contributed by atoms with Crippen LogP contribution in [0.4, 0.5) is 19.0 Å². The lowest BCUT2D eigenvalue weighted by Crippen LogP contribution is -2.63. The van der Waals surface area contributed by atoms with Crippen LogP contribution in [0.5, 0.6) is 0 Å². The second kappa shape index (κ2) is 8.53. The van der Waals surface area contributed by atoms with Crippen molar-refractivity contribution in [3.8, 4) is 11.4 Å². The molecule has 0 unspecified atom stereocenters. The first-order chi connectivity index (χ1) is 16.3. The quantitative estimate of drug-likeness (QED) is 0.602. The molecule has 0 saturated carbocycles. The third-order valence-corrected chi connectivity index (χ3v) is 7.08. The van der Waals surface area contributed by atoms with Gasteiger partial charge >= 0.3 is 6.18 Å². The van der Waals surface area contributed by atoms with Gasteiger partial charge in [0.2, 0.25) is 5.91 Å². The van der Waals surface area contributed by atoms with Crippen LogP contribution < -0.4 is 10.6 Å². The number of nitrogens with zero attached hydrogens (tertiary/aromatic N) is 5. The zero-order valence-corrected chi connectivity index (χ0v) is 18.6. The van der Waals surface area contributed by atoms with Crippen molar-refractivity contribution in [1.29, 1.82) is 0 Å². The Balaban J connectivity index is 1.47. The number of pyridine rings is 2. The van der Waals surface area contributed by atoms with E-state index in [2.05, 4.69) is 25.1 Å². The molecule has 0 radical (unpaired) electrons. The SMILES string of the molecule is NC(=O)C1(N2CCCCC2)CCN(c2ccc(C(F)(F)F)c(-c3n[nH]c4ncccc34)n2)CC1. The number of H-pyrrole nitrogens is 1. The highest BCUT2D eigenvalue weighted by atomic mass is 19.4. The molecule has 2 fully saturated rings. The first-order valence-corrected chi connectivity index (χ1v) is 11.5. The van der Waals surface area contributed by atoms with E-state index in [4.69, 9.17) is 5.73 Å². The first-order valence-electron chi connectivity index (χ1n) is 11.5. The smallest absolute Gasteiger partial charge is 0.368 e. The molecular formula is C23H26F3N7O. The second-order valence-electron chi connectivity index (χ2n) is 8.97. The number of primary amides is 1. The molecule has 3 aromatic heterocycles. The van der Waals surface area contributed by atoms with Gasteiger partial charge in [0, 0.05) is 24.7 Å². The molecule has 34 heavy (non-hydrogen) atoms. The minimum absolute atomic E-state index is 0.106. The van der Waals surface area contributed by atoms with Gasteiger partial charge in [0.15, 0.2) is 5.65 Å². The molecule has 5 heterocycles. The van der Waals surface area contributed by atoms with Crippen LogP contribution in [0.1, 0.15) is 37.7 Å². The number of nitrogens with one attached hydrogen (secondary N) is 1. The summed E-state index contributed by atoms with van der Waals surface area (Å²) in [6, 6.07) is 5.75. The third kappa shape index (κ3) is 3.87. The molecule has 8 nitrogen and oxygen atoms in total. The molecule has 11 heteroatoms. The highest BCUT2D eigenvalue weighted by Gasteiger charge is 2.45. The lowest BCUT2D eigenvalue weighted by Gasteiger charge is -2.48. The van der Waals surface area contributed by atoms with Crippen molar-refractivity contribution in [2.45, 2.75) is 43.8 Å². The van der Waals surface area contributed by atoms with Gasteiger partial charge in [-0.3, -0.25) is 14.8 Å². The molecule has 0 bridgehead atoms. The molecule has 2 saturated heterocycles. The number of nitrogens with two attached hydrogens (primary N) is 1. The van der Waals surface area contributed by atoms with Crippen molar-refractivity contribution in [3.05, 3.63) is 36.0 Å². The maximum absolute atomic E-state index is 13.8. The molecular weight excluding hydrogens is 447 g/mol. The van der Waals surface area contributed by atoms with Crippen LogP contribution in [0.2, 0.25) is 0 Å². The van der Waals surface area contributed by atoms with E-state index in [9.17, 15) is 18.0 Å². The molecule has 5 rings (SSSR count). The predicted octanol–water partition coefficient (Wildman–Crippen LogP) is 3.35. The molecule has 1 amide bonds. The van der Waals surface area contributed by atoms with Crippen molar-refractivity contribution in [1.82, 2.24) is 25.1 Å². The van der Waals surface area contributed by atoms with Gasteiger partial charge in [-0.15, -0.1) is 0 Å². The molecule has 0 atom stereocenters. The van der Waals surface area contributed by atoms with Gasteiger partial charge in [0.25, 0.3) is 0 Å². The zero-order chi connectivity index (χ0) is 23.9. The summed E-state index contributed by atoms with van der Waals surface area (Å²) in [5.74, 6) is 0.0883. The van der Waals surface area contributed by atoms with Crippen LogP contribution in [-0.2, 0) is 11.0 Å². The number of rotatable bonds is 4. The van der Waals surface area contributed by atoms with E-state index in [0.29, 0.717) is 42.8 Å². The number of aromatic amines is 1. The number of alkyl halides is 3. The van der Waals surface area contributed by atoms with Crippen LogP contribution >= 0.6 is 0 Å². The Morgan fingerprint density at radius 2 is 1.76 bits per heavy atom. The Morgan fingerprint density at radius 1 is 1.03 bits per heavy atom. The Morgan fingerprint density at radius 3 is 2.44 bits per heavy atom. The number of hydrogen-bond acceptors (Lipinski definition) is 6. The number of carbonyl (C=O) groups is 1. The van der Waals surface area contributed by atoms with E-state index >= 15 is 0 Å². The van der Waals surface area contributed by atoms with E-state index in [1.165, 1.54) is 6.07 Å². The van der Waals surface area contributed by atoms with Crippen LogP contribution in [-0.4, -0.2) is 62.7 Å². The molecule has 0 aliphatic carbocycles. The monoisotopic (exact) mass is 473 g/mol. The van der Waals surface area contributed by atoms with Gasteiger partial charge < -0.3 is 10.6 Å². The highest BCUT2D eigenvalue weighted by molar-refractivity contribution is 5.90. The molecule has 180 valence electrons. The van der Waals surface area contributed by atoms with E-state index < -0.39 is 17.3 Å². The highest BCUT2D eigenvalue weighted by Crippen LogP contribution is 2.39. The number of amides is 1. The topological polar surface area (TPSA) is 104 Å². The minimum Gasteiger partial charge on any atom is -0.368 e. The Bertz CT molecular complexity index is 1190. The van der Waals surface area contributed by atoms with Crippen LogP contribution in [0.15, 0.2) is 30.5 Å². The summed E-state index contributed by atoms with van der Waals surface area (Å²) in [5, 5.41) is 7.25. The van der Waals surface area contributed by atoms with Gasteiger partial charge in [-0.25, -0.2) is 9.97 Å². The van der Waals surface area contributed by atoms with Crippen molar-refractivity contribution in [3.63, 3.8) is 0 Å². The van der Waals surface area contributed by atoms with Crippen LogP contribution in [0.3, 0.4) is 0 Å². The number of aromatic nitrogens is 4. The largest absolute Gasteiger partial charge is 0.418 e. The van der Waals surface area contributed by atoms with E-state index in [0.717, 1.165) is 38.4 Å². The summed E-state index contributed by atoms with van der Waals surface area (Å²) in [4.78, 5) is 25.2. The second-order valence-corrected chi connectivity index (χ2v) is 8.97. The Kier molecular flexibility index (Phi) is 5.67. The lowest BCUT2D eigenvalue weighted by atomic mass is 9.83. The van der Waals surface area contributed by atoms with Gasteiger partial charge in [-0.05, 0) is 63.0 Å². The molecule has 2 aliphatic rings. The number of hydrogen-bond donors (Lipinski definition) is 2. The van der Waals surface area contributed by atoms with Crippen molar-refractivity contribution in [2.75, 3.05) is 31.1 Å². The summed E-state index contributed by atoms with van der Waals surface area (Å²) in [6.07, 6.45) is 1.19. The molecule has 0 spiro atoms. The number of anilines is 1. The van der Waals surface area contributed by atoms with Crippen LogP contribution in [0, 0.1) is 0 Å². The van der Waals surface area contributed by atoms with E-state index in [1.54, 1.807) is 18.3 Å². The van der Waals surface area contributed by atoms with Crippen molar-refractivity contribution < 1.29 is 18.0 Å². The van der Waals surface area contributed by atoms with Gasteiger partial charge in [-0.1, -0.05) is 6.42 Å². The summed E-state index contributed by atoms with van der Waals surface area (Å²) in [6.45, 7) is 2.62. The van der Waals surface area contributed by atoms with Crippen molar-refractivity contribution in [2.24, 2.45) is 5.73 Å². The fraction of sp³-hybridized carbons (Fsp3) is 0.478. The van der Waals surface area contributed by atoms with E-state index in [-0.39, 0.29) is 17.3 Å². The predicted molar refractivity (Wildman–Crippen MR) is 121 cm³/mol. The lowest BCUT2D eigenvalue weighted by molar-refractivity contribution is -0.137. The van der Waals surface area contributed by atoms with E-state index in [1.807, 2.05) is 4.90 Å². The fourth-order valence-electron chi connectivity index (χ4n) is 5.22. The standard InChI is InChI=1S/C23H26F3N7O/c24-23(25,26)16-6-7-17(29-19(16)18-15-5-4-10-28-20(15)31-30-18)32-13-8-22(9-14-32,21(27)34)33-11-2-1-3-12-33/h4-7,10H,1-3,8-9,11-14H2,(H2,27,34)(H,28,30,31). The number of piperidine rings is 2. The maximum Gasteiger partial charge on any atom is 0.418 e. The number of carbonyl (C=O) groups excluding carboxylic acids is 1. The zero-order valence-electron chi connectivity index (χ0n) is 18.6. The van der Waals surface area contributed by atoms with Crippen molar-refractivity contribution >= 4 is 22.8 Å². The number of halogens is 3. The normalized spacial score (nSPS) is 19.4. The molecule has 3 aromatic rings. The minimum atomic E-state index is -4.59. The summed E-state index contributed by atoms with van der Waals surface area (Å²) in [7, 11) is 0. The van der Waals surface area contributed by atoms with Gasteiger partial charge in [0.05, 0.1) is 5.56 Å². The summed E-state index contributed by atoms with van der Waals surface area (Å²) < 4.78 is 41.5. The third-order valence-electron chi connectivity index (χ3n) is 7.08. The fourth-order valence-corrected chi connectivity index (χ4v) is 5.22. The van der Waals surface area contributed by atoms with Crippen LogP contribution in [0.25, 0.3) is 22.4 Å². The summed E-state index contributed by atoms with van der Waals surface area (Å²) >= 11 is 0. The molecule has 2 aliphatic heterocycles. The molecule has 0 aromatic carbocycles. The first kappa shape index (κ1) is 22.6. The van der Waals surface area contributed by atoms with Gasteiger partial charge in [0.1, 0.15) is 22.7 Å². The number of likely N-dealkylation sites (tertiary alicyclic amines) is 1. The average molecular weight is 474 g/mol. The maximum atomic E-state index is 13.8. The molecule has 3 N–H and O–H groups in total. The Labute approximate surface area is 194 Å². The van der Waals surface area contributed by atoms with Gasteiger partial charge in [-0.2, -0.15) is 18.3 Å². The number of fused-ring (bicyclic) bond motifs is 1. The average Bonchev–Trinajstić information content (AvgIpc) is 3.28. The Hall–Kier alpha value is -3.21.